The lowest BCUT2D eigenvalue weighted by Gasteiger charge is -2.18. The van der Waals surface area contributed by atoms with E-state index in [4.69, 9.17) is 0 Å². The normalized spacial score (nSPS) is 15.6. The van der Waals surface area contributed by atoms with E-state index in [0.29, 0.717) is 17.0 Å². The number of nitrogens with zero attached hydrogens (tertiary/aromatic N) is 1. The highest BCUT2D eigenvalue weighted by molar-refractivity contribution is 6.02. The van der Waals surface area contributed by atoms with Crippen molar-refractivity contribution in [2.45, 2.75) is 46.2 Å². The van der Waals surface area contributed by atoms with Gasteiger partial charge < -0.3 is 10.6 Å². The minimum Gasteiger partial charge on any atom is -0.350 e. The van der Waals surface area contributed by atoms with Crippen LogP contribution in [-0.4, -0.2) is 35.3 Å². The fourth-order valence-electron chi connectivity index (χ4n) is 2.62. The van der Waals surface area contributed by atoms with Gasteiger partial charge in [0.1, 0.15) is 0 Å². The van der Waals surface area contributed by atoms with Gasteiger partial charge in [-0.3, -0.25) is 14.5 Å². The van der Waals surface area contributed by atoms with Gasteiger partial charge >= 0.3 is 6.03 Å². The Morgan fingerprint density at radius 2 is 1.92 bits per heavy atom. The number of rotatable bonds is 7. The third kappa shape index (κ3) is 4.57. The van der Waals surface area contributed by atoms with Gasteiger partial charge in [0.05, 0.1) is 13.1 Å². The minimum absolute atomic E-state index is 0.0133. The predicted molar refractivity (Wildman–Crippen MR) is 91.4 cm³/mol. The first-order valence-electron chi connectivity index (χ1n) is 8.35. The van der Waals surface area contributed by atoms with Crippen LogP contribution < -0.4 is 10.6 Å². The first-order chi connectivity index (χ1) is 11.4. The Labute approximate surface area is 142 Å². The summed E-state index contributed by atoms with van der Waals surface area (Å²) in [6.07, 6.45) is 1.96. The van der Waals surface area contributed by atoms with Crippen molar-refractivity contribution in [1.29, 1.82) is 0 Å². The molecule has 2 rings (SSSR count). The smallest absolute Gasteiger partial charge is 0.324 e. The molecule has 0 aromatic heterocycles. The van der Waals surface area contributed by atoms with Crippen molar-refractivity contribution in [3.63, 3.8) is 0 Å². The van der Waals surface area contributed by atoms with Crippen LogP contribution in [0.1, 0.15) is 49.5 Å². The Bertz CT molecular complexity index is 612. The Balaban J connectivity index is 2.06. The second-order valence-electron chi connectivity index (χ2n) is 6.64. The zero-order valence-electron chi connectivity index (χ0n) is 14.5. The summed E-state index contributed by atoms with van der Waals surface area (Å²) >= 11 is 0. The zero-order valence-corrected chi connectivity index (χ0v) is 14.5. The number of amides is 4. The van der Waals surface area contributed by atoms with E-state index in [9.17, 15) is 14.4 Å². The molecule has 1 aromatic rings. The quantitative estimate of drug-likeness (QED) is 0.753. The molecule has 1 aromatic carbocycles. The number of carbonyl (C=O) groups is 3. The van der Waals surface area contributed by atoms with Crippen LogP contribution in [0.2, 0.25) is 0 Å². The monoisotopic (exact) mass is 331 g/mol. The molecular formula is C18H25N3O3. The third-order valence-electron chi connectivity index (χ3n) is 4.08. The van der Waals surface area contributed by atoms with E-state index in [0.717, 1.165) is 17.7 Å². The fourth-order valence-corrected chi connectivity index (χ4v) is 2.62. The highest BCUT2D eigenvalue weighted by Crippen LogP contribution is 2.15. The van der Waals surface area contributed by atoms with Crippen molar-refractivity contribution in [1.82, 2.24) is 15.5 Å². The summed E-state index contributed by atoms with van der Waals surface area (Å²) in [5.74, 6) is 0.144. The van der Waals surface area contributed by atoms with Crippen LogP contribution in [0.5, 0.6) is 0 Å². The van der Waals surface area contributed by atoms with E-state index < -0.39 is 6.03 Å². The summed E-state index contributed by atoms with van der Waals surface area (Å²) in [6.45, 7) is 6.41. The maximum Gasteiger partial charge on any atom is 0.324 e. The van der Waals surface area contributed by atoms with Gasteiger partial charge in [-0.1, -0.05) is 32.0 Å². The molecule has 0 aliphatic carbocycles. The van der Waals surface area contributed by atoms with Gasteiger partial charge in [0.2, 0.25) is 5.91 Å². The minimum atomic E-state index is -0.416. The molecule has 0 unspecified atom stereocenters. The molecule has 1 saturated heterocycles. The molecule has 6 nitrogen and oxygen atoms in total. The van der Waals surface area contributed by atoms with E-state index in [2.05, 4.69) is 24.5 Å². The summed E-state index contributed by atoms with van der Waals surface area (Å²) in [4.78, 5) is 37.1. The van der Waals surface area contributed by atoms with Crippen LogP contribution in [0.4, 0.5) is 4.79 Å². The largest absolute Gasteiger partial charge is 0.350 e. The van der Waals surface area contributed by atoms with E-state index >= 15 is 0 Å². The fraction of sp³-hybridized carbons (Fsp3) is 0.500. The molecule has 1 aliphatic rings. The van der Waals surface area contributed by atoms with Gasteiger partial charge in [0, 0.05) is 11.6 Å². The van der Waals surface area contributed by atoms with Crippen LogP contribution in [0.15, 0.2) is 24.3 Å². The van der Waals surface area contributed by atoms with Crippen LogP contribution in [-0.2, 0) is 11.3 Å². The first-order valence-corrected chi connectivity index (χ1v) is 8.35. The average Bonchev–Trinajstić information content (AvgIpc) is 2.85. The molecule has 1 fully saturated rings. The Hall–Kier alpha value is -2.37. The second kappa shape index (κ2) is 7.95. The van der Waals surface area contributed by atoms with Gasteiger partial charge in [-0.25, -0.2) is 4.79 Å². The summed E-state index contributed by atoms with van der Waals surface area (Å²) in [5.41, 5.74) is 1.16. The molecule has 2 N–H and O–H groups in total. The van der Waals surface area contributed by atoms with Crippen molar-refractivity contribution in [2.24, 2.45) is 5.92 Å². The number of carbonyl (C=O) groups excluding carboxylic acids is 3. The van der Waals surface area contributed by atoms with Crippen LogP contribution in [0.3, 0.4) is 0 Å². The van der Waals surface area contributed by atoms with E-state index in [1.165, 1.54) is 0 Å². The molecule has 0 bridgehead atoms. The van der Waals surface area contributed by atoms with Gasteiger partial charge in [-0.05, 0) is 37.3 Å². The predicted octanol–water partition coefficient (Wildman–Crippen LogP) is 2.29. The third-order valence-corrected chi connectivity index (χ3v) is 4.08. The van der Waals surface area contributed by atoms with Crippen LogP contribution in [0, 0.1) is 5.92 Å². The highest BCUT2D eigenvalue weighted by atomic mass is 16.2. The molecule has 130 valence electrons. The number of imide groups is 1. The number of hydrogen-bond donors (Lipinski definition) is 2. The highest BCUT2D eigenvalue weighted by Gasteiger charge is 2.29. The molecule has 4 amide bonds. The van der Waals surface area contributed by atoms with Gasteiger partial charge in [0.25, 0.3) is 5.91 Å². The van der Waals surface area contributed by atoms with Crippen LogP contribution >= 0.6 is 0 Å². The van der Waals surface area contributed by atoms with Gasteiger partial charge in [-0.15, -0.1) is 0 Å². The molecule has 1 aliphatic heterocycles. The number of nitrogens with one attached hydrogen (secondary N) is 2. The molecule has 24 heavy (non-hydrogen) atoms. The summed E-state index contributed by atoms with van der Waals surface area (Å²) < 4.78 is 0. The molecular weight excluding hydrogens is 306 g/mol. The maximum atomic E-state index is 12.5. The van der Waals surface area contributed by atoms with Crippen molar-refractivity contribution in [2.75, 3.05) is 6.54 Å². The van der Waals surface area contributed by atoms with Crippen molar-refractivity contribution in [3.8, 4) is 0 Å². The maximum absolute atomic E-state index is 12.5. The second-order valence-corrected chi connectivity index (χ2v) is 6.64. The van der Waals surface area contributed by atoms with Crippen molar-refractivity contribution < 1.29 is 14.4 Å². The van der Waals surface area contributed by atoms with Crippen molar-refractivity contribution >= 4 is 17.8 Å². The van der Waals surface area contributed by atoms with E-state index in [1.807, 2.05) is 6.92 Å². The van der Waals surface area contributed by atoms with E-state index in [1.54, 1.807) is 24.3 Å². The van der Waals surface area contributed by atoms with E-state index in [-0.39, 0.29) is 30.9 Å². The Morgan fingerprint density at radius 1 is 1.21 bits per heavy atom. The lowest BCUT2D eigenvalue weighted by atomic mass is 10.0. The first kappa shape index (κ1) is 18.0. The summed E-state index contributed by atoms with van der Waals surface area (Å²) in [5, 5.41) is 5.48. The number of benzene rings is 1. The van der Waals surface area contributed by atoms with Gasteiger partial charge in [-0.2, -0.15) is 0 Å². The summed E-state index contributed by atoms with van der Waals surface area (Å²) in [7, 11) is 0. The standard InChI is InChI=1S/C18H25N3O3/c1-12(2)8-9-13(3)20-17(23)15-7-5-4-6-14(15)11-21-16(22)10-19-18(21)24/h4-7,12-13H,8-11H2,1-3H3,(H,19,24)(H,20,23)/t13-/m1/s1. The number of urea groups is 1. The van der Waals surface area contributed by atoms with Gasteiger partial charge in [0.15, 0.2) is 0 Å². The topological polar surface area (TPSA) is 78.5 Å². The van der Waals surface area contributed by atoms with Crippen LogP contribution in [0.25, 0.3) is 0 Å². The molecule has 0 spiro atoms. The SMILES string of the molecule is CC(C)CC[C@@H](C)NC(=O)c1ccccc1CN1C(=O)CNC1=O. The Morgan fingerprint density at radius 3 is 2.54 bits per heavy atom. The molecule has 0 saturated carbocycles. The molecule has 0 radical (unpaired) electrons. The molecule has 1 heterocycles. The molecule has 1 atom stereocenters. The zero-order chi connectivity index (χ0) is 17.7. The average molecular weight is 331 g/mol. The Kier molecular flexibility index (Phi) is 5.95. The number of hydrogen-bond acceptors (Lipinski definition) is 3. The lowest BCUT2D eigenvalue weighted by molar-refractivity contribution is -0.125. The summed E-state index contributed by atoms with van der Waals surface area (Å²) in [6, 6.07) is 6.73. The lowest BCUT2D eigenvalue weighted by Crippen LogP contribution is -2.35. The molecule has 6 heteroatoms. The van der Waals surface area contributed by atoms with Crippen molar-refractivity contribution in [3.05, 3.63) is 35.4 Å².